The van der Waals surface area contributed by atoms with E-state index in [0.717, 1.165) is 0 Å². The van der Waals surface area contributed by atoms with Crippen LogP contribution in [-0.4, -0.2) is 34.4 Å². The average Bonchev–Trinajstić information content (AvgIpc) is 2.48. The van der Waals surface area contributed by atoms with E-state index in [1.807, 2.05) is 0 Å². The molecule has 2 rings (SSSR count). The Balaban J connectivity index is 2.02. The summed E-state index contributed by atoms with van der Waals surface area (Å²) in [6, 6.07) is 3.43. The fourth-order valence-corrected chi connectivity index (χ4v) is 2.74. The summed E-state index contributed by atoms with van der Waals surface area (Å²) in [6.45, 7) is 1.59. The number of carbonyl (C=O) groups excluding carboxylic acids is 1. The largest absolute Gasteiger partial charge is 0.465 e. The maximum absolute atomic E-state index is 14.1. The summed E-state index contributed by atoms with van der Waals surface area (Å²) in [5, 5.41) is 23.1. The molecule has 0 unspecified atom stereocenters. The highest BCUT2D eigenvalue weighted by Gasteiger charge is 2.22. The number of amides is 2. The molecule has 1 aliphatic rings. The molecule has 1 saturated carbocycles. The number of benzene rings is 1. The molecule has 1 atom stereocenters. The highest BCUT2D eigenvalue weighted by Crippen LogP contribution is 2.20. The number of rotatable bonds is 4. The zero-order valence-electron chi connectivity index (χ0n) is 12.9. The number of hydrogen-bond donors (Lipinski definition) is 4. The highest BCUT2D eigenvalue weighted by molar-refractivity contribution is 5.94. The van der Waals surface area contributed by atoms with Crippen LogP contribution in [0.2, 0.25) is 0 Å². The van der Waals surface area contributed by atoms with Gasteiger partial charge >= 0.3 is 6.09 Å². The maximum Gasteiger partial charge on any atom is 0.405 e. The van der Waals surface area contributed by atoms with Crippen molar-refractivity contribution in [2.24, 2.45) is 0 Å². The summed E-state index contributed by atoms with van der Waals surface area (Å²) in [4.78, 5) is 22.8. The van der Waals surface area contributed by atoms with Crippen LogP contribution in [0.15, 0.2) is 18.2 Å². The zero-order valence-corrected chi connectivity index (χ0v) is 12.9. The van der Waals surface area contributed by atoms with Crippen molar-refractivity contribution in [2.75, 3.05) is 0 Å². The standard InChI is InChI=1S/C16H21FN2O4/c1-9(18-16(22)23)10-2-7-13(14(17)8-10)15(21)19-11-3-5-12(20)6-4-11/h2,7-9,11-12,18,20H,3-6H2,1H3,(H,19,21)(H,22,23)/t9-,11?,12?/m0/s1. The molecule has 126 valence electrons. The highest BCUT2D eigenvalue weighted by atomic mass is 19.1. The third kappa shape index (κ3) is 4.66. The van der Waals surface area contributed by atoms with Crippen molar-refractivity contribution in [3.8, 4) is 0 Å². The summed E-state index contributed by atoms with van der Waals surface area (Å²) in [5.74, 6) is -1.18. The molecule has 1 aromatic rings. The number of aliphatic hydroxyl groups excluding tert-OH is 1. The second-order valence-electron chi connectivity index (χ2n) is 5.89. The fourth-order valence-electron chi connectivity index (χ4n) is 2.74. The summed E-state index contributed by atoms with van der Waals surface area (Å²) in [5.41, 5.74) is 0.379. The Kier molecular flexibility index (Phi) is 5.54. The van der Waals surface area contributed by atoms with E-state index in [1.165, 1.54) is 18.2 Å². The van der Waals surface area contributed by atoms with Gasteiger partial charge in [0.15, 0.2) is 0 Å². The predicted molar refractivity (Wildman–Crippen MR) is 81.7 cm³/mol. The third-order valence-electron chi connectivity index (χ3n) is 4.11. The third-order valence-corrected chi connectivity index (χ3v) is 4.11. The molecule has 0 bridgehead atoms. The molecule has 6 nitrogen and oxygen atoms in total. The molecule has 1 fully saturated rings. The predicted octanol–water partition coefficient (Wildman–Crippen LogP) is 2.19. The summed E-state index contributed by atoms with van der Waals surface area (Å²) in [7, 11) is 0. The second-order valence-corrected chi connectivity index (χ2v) is 5.89. The van der Waals surface area contributed by atoms with Crippen molar-refractivity contribution >= 4 is 12.0 Å². The Morgan fingerprint density at radius 1 is 1.26 bits per heavy atom. The molecule has 0 saturated heterocycles. The summed E-state index contributed by atoms with van der Waals surface area (Å²) >= 11 is 0. The topological polar surface area (TPSA) is 98.7 Å². The number of halogens is 1. The Hall–Kier alpha value is -2.15. The lowest BCUT2D eigenvalue weighted by Gasteiger charge is -2.26. The van der Waals surface area contributed by atoms with Crippen molar-refractivity contribution in [3.63, 3.8) is 0 Å². The van der Waals surface area contributed by atoms with E-state index in [4.69, 9.17) is 5.11 Å². The number of aliphatic hydroxyl groups is 1. The van der Waals surface area contributed by atoms with Crippen LogP contribution in [0.4, 0.5) is 9.18 Å². The molecule has 1 aliphatic carbocycles. The first-order valence-corrected chi connectivity index (χ1v) is 7.64. The van der Waals surface area contributed by atoms with Crippen molar-refractivity contribution in [3.05, 3.63) is 35.1 Å². The van der Waals surface area contributed by atoms with E-state index >= 15 is 0 Å². The van der Waals surface area contributed by atoms with Crippen LogP contribution >= 0.6 is 0 Å². The smallest absolute Gasteiger partial charge is 0.405 e. The van der Waals surface area contributed by atoms with E-state index < -0.39 is 23.9 Å². The minimum atomic E-state index is -1.20. The van der Waals surface area contributed by atoms with Crippen LogP contribution < -0.4 is 10.6 Å². The van der Waals surface area contributed by atoms with Crippen molar-refractivity contribution in [2.45, 2.75) is 50.8 Å². The maximum atomic E-state index is 14.1. The first-order chi connectivity index (χ1) is 10.9. The SMILES string of the molecule is C[C@H](NC(=O)O)c1ccc(C(=O)NC2CCC(O)CC2)c(F)c1. The number of hydrogen-bond acceptors (Lipinski definition) is 3. The first kappa shape index (κ1) is 17.2. The number of carbonyl (C=O) groups is 2. The van der Waals surface area contributed by atoms with E-state index in [1.54, 1.807) is 6.92 Å². The Bertz CT molecular complexity index is 585. The van der Waals surface area contributed by atoms with Gasteiger partial charge in [-0.05, 0) is 50.3 Å². The lowest BCUT2D eigenvalue weighted by Crippen LogP contribution is -2.38. The van der Waals surface area contributed by atoms with Gasteiger partial charge in [0.1, 0.15) is 5.82 Å². The van der Waals surface area contributed by atoms with Gasteiger partial charge in [-0.15, -0.1) is 0 Å². The Labute approximate surface area is 133 Å². The van der Waals surface area contributed by atoms with Crippen molar-refractivity contribution in [1.82, 2.24) is 10.6 Å². The van der Waals surface area contributed by atoms with Crippen LogP contribution in [0.1, 0.15) is 54.6 Å². The molecule has 1 aromatic carbocycles. The molecule has 7 heteroatoms. The van der Waals surface area contributed by atoms with Gasteiger partial charge in [-0.3, -0.25) is 4.79 Å². The van der Waals surface area contributed by atoms with Gasteiger partial charge in [-0.25, -0.2) is 9.18 Å². The van der Waals surface area contributed by atoms with Crippen LogP contribution in [0, 0.1) is 5.82 Å². The Morgan fingerprint density at radius 3 is 2.48 bits per heavy atom. The monoisotopic (exact) mass is 324 g/mol. The molecule has 4 N–H and O–H groups in total. The van der Waals surface area contributed by atoms with Crippen molar-refractivity contribution in [1.29, 1.82) is 0 Å². The van der Waals surface area contributed by atoms with Crippen LogP contribution in [-0.2, 0) is 0 Å². The van der Waals surface area contributed by atoms with E-state index in [0.29, 0.717) is 31.2 Å². The van der Waals surface area contributed by atoms with Gasteiger partial charge in [0.2, 0.25) is 0 Å². The minimum absolute atomic E-state index is 0.0578. The quantitative estimate of drug-likeness (QED) is 0.682. The van der Waals surface area contributed by atoms with E-state index in [9.17, 15) is 19.1 Å². The Morgan fingerprint density at radius 2 is 1.91 bits per heavy atom. The molecular weight excluding hydrogens is 303 g/mol. The van der Waals surface area contributed by atoms with Crippen LogP contribution in [0.5, 0.6) is 0 Å². The van der Waals surface area contributed by atoms with Crippen LogP contribution in [0.3, 0.4) is 0 Å². The molecule has 23 heavy (non-hydrogen) atoms. The number of nitrogens with one attached hydrogen (secondary N) is 2. The fraction of sp³-hybridized carbons (Fsp3) is 0.500. The van der Waals surface area contributed by atoms with Gasteiger partial charge < -0.3 is 20.8 Å². The first-order valence-electron chi connectivity index (χ1n) is 7.64. The van der Waals surface area contributed by atoms with Gasteiger partial charge in [-0.2, -0.15) is 0 Å². The lowest BCUT2D eigenvalue weighted by atomic mass is 9.93. The van der Waals surface area contributed by atoms with Gasteiger partial charge in [0.25, 0.3) is 5.91 Å². The van der Waals surface area contributed by atoms with Crippen molar-refractivity contribution < 1.29 is 24.2 Å². The summed E-state index contributed by atoms with van der Waals surface area (Å²) < 4.78 is 14.1. The van der Waals surface area contributed by atoms with Gasteiger partial charge in [-0.1, -0.05) is 6.07 Å². The van der Waals surface area contributed by atoms with E-state index in [-0.39, 0.29) is 17.7 Å². The zero-order chi connectivity index (χ0) is 17.0. The van der Waals surface area contributed by atoms with E-state index in [2.05, 4.69) is 10.6 Å². The van der Waals surface area contributed by atoms with Gasteiger partial charge in [0, 0.05) is 6.04 Å². The molecular formula is C16H21FN2O4. The summed E-state index contributed by atoms with van der Waals surface area (Å²) in [6.07, 6.45) is 1.09. The second kappa shape index (κ2) is 7.41. The molecule has 0 aliphatic heterocycles. The molecule has 0 aromatic heterocycles. The lowest BCUT2D eigenvalue weighted by molar-refractivity contribution is 0.0864. The molecule has 0 radical (unpaired) electrons. The normalized spacial score (nSPS) is 22.2. The molecule has 0 heterocycles. The molecule has 2 amide bonds. The number of carboxylic acid groups (broad SMARTS) is 1. The molecule has 0 spiro atoms. The minimum Gasteiger partial charge on any atom is -0.465 e. The average molecular weight is 324 g/mol. The van der Waals surface area contributed by atoms with Gasteiger partial charge in [0.05, 0.1) is 17.7 Å². The van der Waals surface area contributed by atoms with Crippen LogP contribution in [0.25, 0.3) is 0 Å².